The second-order valence-corrected chi connectivity index (χ2v) is 12.5. The average Bonchev–Trinajstić information content (AvgIpc) is 2.61. The Morgan fingerprint density at radius 3 is 2.23 bits per heavy atom. The zero-order valence-electron chi connectivity index (χ0n) is 16.5. The van der Waals surface area contributed by atoms with E-state index >= 15 is 0 Å². The molecule has 136 valence electrons. The molecular weight excluding hydrogens is 332 g/mol. The van der Waals surface area contributed by atoms with E-state index in [1.54, 1.807) is 0 Å². The first-order valence-electron chi connectivity index (χ1n) is 9.70. The molecule has 1 atom stereocenters. The van der Waals surface area contributed by atoms with Gasteiger partial charge >= 0.3 is 0 Å². The minimum Gasteiger partial charge on any atom is -0.411 e. The molecule has 0 radical (unpaired) electrons. The fourth-order valence-corrected chi connectivity index (χ4v) is 4.73. The van der Waals surface area contributed by atoms with Crippen LogP contribution in [-0.2, 0) is 10.8 Å². The molecule has 0 bridgehead atoms. The molecule has 0 amide bonds. The fraction of sp³-hybridized carbons (Fsp3) is 0.333. The van der Waals surface area contributed by atoms with E-state index in [-0.39, 0.29) is 6.10 Å². The van der Waals surface area contributed by atoms with E-state index in [0.29, 0.717) is 0 Å². The Kier molecular flexibility index (Phi) is 5.95. The quantitative estimate of drug-likeness (QED) is 0.406. The Morgan fingerprint density at radius 1 is 0.846 bits per heavy atom. The summed E-state index contributed by atoms with van der Waals surface area (Å²) in [5.41, 5.74) is 4.15. The third-order valence-electron chi connectivity index (χ3n) is 4.67. The lowest BCUT2D eigenvalue weighted by atomic mass is 9.90. The lowest BCUT2D eigenvalue weighted by molar-refractivity contribution is 0.186. The number of benzene rings is 3. The van der Waals surface area contributed by atoms with Crippen LogP contribution < -0.4 is 0 Å². The maximum absolute atomic E-state index is 6.69. The van der Waals surface area contributed by atoms with Gasteiger partial charge in [-0.05, 0) is 59.9 Å². The first-order chi connectivity index (χ1) is 12.5. The highest BCUT2D eigenvalue weighted by atomic mass is 28.4. The molecule has 26 heavy (non-hydrogen) atoms. The highest BCUT2D eigenvalue weighted by Crippen LogP contribution is 2.36. The summed E-state index contributed by atoms with van der Waals surface area (Å²) in [6, 6.07) is 24.1. The summed E-state index contributed by atoms with van der Waals surface area (Å²) in [6.45, 7) is 9.12. The first-order valence-corrected chi connectivity index (χ1v) is 13.1. The van der Waals surface area contributed by atoms with E-state index in [1.807, 2.05) is 0 Å². The van der Waals surface area contributed by atoms with Crippen LogP contribution in [0.5, 0.6) is 0 Å². The molecule has 3 aromatic rings. The van der Waals surface area contributed by atoms with Gasteiger partial charge in [0.1, 0.15) is 0 Å². The minimum atomic E-state index is -1.64. The first kappa shape index (κ1) is 18.9. The average molecular weight is 363 g/mol. The van der Waals surface area contributed by atoms with E-state index < -0.39 is 8.32 Å². The van der Waals surface area contributed by atoms with Crippen LogP contribution in [0, 0.1) is 0 Å². The minimum absolute atomic E-state index is 0.177. The van der Waals surface area contributed by atoms with Gasteiger partial charge in [0.15, 0.2) is 8.32 Å². The number of hydrogen-bond donors (Lipinski definition) is 0. The molecule has 0 N–H and O–H groups in total. The molecule has 3 aromatic carbocycles. The molecule has 0 heterocycles. The topological polar surface area (TPSA) is 9.23 Å². The summed E-state index contributed by atoms with van der Waals surface area (Å²) in [5.74, 6) is 0. The van der Waals surface area contributed by atoms with Crippen LogP contribution in [0.2, 0.25) is 19.6 Å². The Labute approximate surface area is 159 Å². The van der Waals surface area contributed by atoms with Crippen molar-refractivity contribution in [3.8, 4) is 0 Å². The monoisotopic (exact) mass is 362 g/mol. The summed E-state index contributed by atoms with van der Waals surface area (Å²) >= 11 is 0. The second-order valence-electron chi connectivity index (χ2n) is 8.03. The third kappa shape index (κ3) is 4.63. The van der Waals surface area contributed by atoms with Gasteiger partial charge in [0.25, 0.3) is 0 Å². The molecule has 1 unspecified atom stereocenters. The van der Waals surface area contributed by atoms with Gasteiger partial charge in [-0.2, -0.15) is 0 Å². The van der Waals surface area contributed by atoms with Gasteiger partial charge in [0.05, 0.1) is 6.10 Å². The van der Waals surface area contributed by atoms with Gasteiger partial charge in [-0.15, -0.1) is 0 Å². The van der Waals surface area contributed by atoms with Gasteiger partial charge in [-0.25, -0.2) is 0 Å². The van der Waals surface area contributed by atoms with E-state index in [2.05, 4.69) is 93.3 Å². The van der Waals surface area contributed by atoms with E-state index in [9.17, 15) is 0 Å². The van der Waals surface area contributed by atoms with Crippen molar-refractivity contribution in [1.29, 1.82) is 0 Å². The van der Waals surface area contributed by atoms with Crippen molar-refractivity contribution in [2.75, 3.05) is 0 Å². The molecule has 0 aromatic heterocycles. The Morgan fingerprint density at radius 2 is 1.54 bits per heavy atom. The summed E-state index contributed by atoms with van der Waals surface area (Å²) < 4.78 is 6.69. The molecule has 0 spiro atoms. The molecule has 0 fully saturated rings. The van der Waals surface area contributed by atoms with Gasteiger partial charge in [-0.3, -0.25) is 0 Å². The molecule has 0 aliphatic heterocycles. The van der Waals surface area contributed by atoms with Crippen molar-refractivity contribution < 1.29 is 4.43 Å². The highest BCUT2D eigenvalue weighted by molar-refractivity contribution is 6.69. The number of hydrogen-bond acceptors (Lipinski definition) is 1. The predicted octanol–water partition coefficient (Wildman–Crippen LogP) is 7.12. The lowest BCUT2D eigenvalue weighted by Crippen LogP contribution is -2.28. The molecule has 0 aliphatic rings. The second kappa shape index (κ2) is 8.19. The van der Waals surface area contributed by atoms with Gasteiger partial charge in [0.2, 0.25) is 0 Å². The zero-order valence-corrected chi connectivity index (χ0v) is 17.5. The Bertz CT molecular complexity index is 849. The maximum Gasteiger partial charge on any atom is 0.184 e. The normalized spacial score (nSPS) is 13.1. The van der Waals surface area contributed by atoms with Crippen molar-refractivity contribution in [1.82, 2.24) is 0 Å². The predicted molar refractivity (Wildman–Crippen MR) is 115 cm³/mol. The van der Waals surface area contributed by atoms with Crippen molar-refractivity contribution in [2.24, 2.45) is 0 Å². The summed E-state index contributed by atoms with van der Waals surface area (Å²) in [4.78, 5) is 0. The molecular formula is C24H30OSi. The van der Waals surface area contributed by atoms with Gasteiger partial charge < -0.3 is 4.43 Å². The van der Waals surface area contributed by atoms with Crippen LogP contribution in [0.3, 0.4) is 0 Å². The number of rotatable bonds is 7. The van der Waals surface area contributed by atoms with Crippen LogP contribution in [0.4, 0.5) is 0 Å². The van der Waals surface area contributed by atoms with E-state index in [0.717, 1.165) is 19.3 Å². The van der Waals surface area contributed by atoms with Gasteiger partial charge in [0, 0.05) is 0 Å². The Hall–Kier alpha value is -1.90. The van der Waals surface area contributed by atoms with Gasteiger partial charge in [-0.1, -0.05) is 80.1 Å². The molecule has 1 nitrogen and oxygen atoms in total. The standard InChI is InChI=1S/C24H30OSi/c1-5-11-23(25-26(2,3)4)24-21(18-19-12-7-6-8-13-19)17-16-20-14-9-10-15-22(20)24/h6-10,12-17,23H,5,11,18H2,1-4H3. The molecule has 0 saturated carbocycles. The van der Waals surface area contributed by atoms with Crippen LogP contribution in [0.15, 0.2) is 66.7 Å². The van der Waals surface area contributed by atoms with Crippen LogP contribution in [0.25, 0.3) is 10.8 Å². The smallest absolute Gasteiger partial charge is 0.184 e. The Balaban J connectivity index is 2.13. The molecule has 2 heteroatoms. The van der Waals surface area contributed by atoms with Crippen LogP contribution in [0.1, 0.15) is 42.6 Å². The molecule has 0 aliphatic carbocycles. The van der Waals surface area contributed by atoms with Crippen LogP contribution in [-0.4, -0.2) is 8.32 Å². The largest absolute Gasteiger partial charge is 0.411 e. The van der Waals surface area contributed by atoms with E-state index in [4.69, 9.17) is 4.43 Å². The SMILES string of the molecule is CCCC(O[Si](C)(C)C)c1c(Cc2ccccc2)ccc2ccccc12. The summed E-state index contributed by atoms with van der Waals surface area (Å²) in [6.07, 6.45) is 3.33. The molecule has 3 rings (SSSR count). The fourth-order valence-electron chi connectivity index (χ4n) is 3.64. The molecule has 0 saturated heterocycles. The zero-order chi connectivity index (χ0) is 18.6. The summed E-state index contributed by atoms with van der Waals surface area (Å²) in [7, 11) is -1.64. The lowest BCUT2D eigenvalue weighted by Gasteiger charge is -2.29. The summed E-state index contributed by atoms with van der Waals surface area (Å²) in [5, 5.41) is 2.65. The maximum atomic E-state index is 6.69. The van der Waals surface area contributed by atoms with Crippen molar-refractivity contribution in [3.63, 3.8) is 0 Å². The third-order valence-corrected chi connectivity index (χ3v) is 5.66. The van der Waals surface area contributed by atoms with Crippen molar-refractivity contribution >= 4 is 19.1 Å². The van der Waals surface area contributed by atoms with E-state index in [1.165, 1.54) is 27.5 Å². The van der Waals surface area contributed by atoms with Crippen LogP contribution >= 0.6 is 0 Å². The number of fused-ring (bicyclic) bond motifs is 1. The highest BCUT2D eigenvalue weighted by Gasteiger charge is 2.25. The van der Waals surface area contributed by atoms with Crippen molar-refractivity contribution in [3.05, 3.63) is 83.4 Å². The van der Waals surface area contributed by atoms with Crippen molar-refractivity contribution in [2.45, 2.75) is 51.9 Å².